The maximum atomic E-state index is 13.4. The summed E-state index contributed by atoms with van der Waals surface area (Å²) in [5, 5.41) is 3.28. The van der Waals surface area contributed by atoms with Crippen molar-refractivity contribution in [1.29, 1.82) is 0 Å². The first kappa shape index (κ1) is 21.9. The first-order chi connectivity index (χ1) is 13.7. The van der Waals surface area contributed by atoms with Crippen LogP contribution in [0.15, 0.2) is 41.3 Å². The molecule has 0 radical (unpaired) electrons. The first-order valence-electron chi connectivity index (χ1n) is 8.60. The third kappa shape index (κ3) is 5.04. The molecule has 0 spiro atoms. The molecule has 0 bridgehead atoms. The summed E-state index contributed by atoms with van der Waals surface area (Å²) < 4.78 is 52.8. The van der Waals surface area contributed by atoms with Gasteiger partial charge in [0.2, 0.25) is 15.9 Å². The van der Waals surface area contributed by atoms with Gasteiger partial charge in [-0.15, -0.1) is 0 Å². The molecule has 1 N–H and O–H groups in total. The summed E-state index contributed by atoms with van der Waals surface area (Å²) in [6.45, 7) is 0.850. The van der Waals surface area contributed by atoms with Crippen LogP contribution in [0.3, 0.4) is 0 Å². The Morgan fingerprint density at radius 2 is 1.62 bits per heavy atom. The van der Waals surface area contributed by atoms with Crippen molar-refractivity contribution < 1.29 is 22.0 Å². The second-order valence-electron chi connectivity index (χ2n) is 6.40. The number of hydrogen-bond donors (Lipinski definition) is 1. The summed E-state index contributed by atoms with van der Waals surface area (Å²) in [4.78, 5) is 13.7. The largest absolute Gasteiger partial charge is 0.322 e. The highest BCUT2D eigenvalue weighted by molar-refractivity contribution is 7.89. The third-order valence-electron chi connectivity index (χ3n) is 4.45. The standard InChI is InChI=1S/C18H17Cl2F2N3O3S/c19-13-2-1-3-14(20)18(13)23-17(26)11-24-6-8-25(9-7-24)29(27,28)12-4-5-15(21)16(22)10-12/h1-5,10H,6-9,11H2,(H,23,26). The van der Waals surface area contributed by atoms with Crippen LogP contribution in [0.2, 0.25) is 10.0 Å². The fourth-order valence-electron chi connectivity index (χ4n) is 2.91. The van der Waals surface area contributed by atoms with Crippen LogP contribution in [-0.2, 0) is 14.8 Å². The van der Waals surface area contributed by atoms with Crippen LogP contribution >= 0.6 is 23.2 Å². The Labute approximate surface area is 177 Å². The zero-order chi connectivity index (χ0) is 21.2. The van der Waals surface area contributed by atoms with E-state index in [1.807, 2.05) is 0 Å². The lowest BCUT2D eigenvalue weighted by Crippen LogP contribution is -2.50. The van der Waals surface area contributed by atoms with Gasteiger partial charge in [0.15, 0.2) is 11.6 Å². The molecule has 1 aliphatic rings. The number of benzene rings is 2. The fraction of sp³-hybridized carbons (Fsp3) is 0.278. The van der Waals surface area contributed by atoms with E-state index < -0.39 is 21.7 Å². The van der Waals surface area contributed by atoms with E-state index in [9.17, 15) is 22.0 Å². The van der Waals surface area contributed by atoms with E-state index in [2.05, 4.69) is 5.32 Å². The number of hydrogen-bond acceptors (Lipinski definition) is 4. The van der Waals surface area contributed by atoms with Gasteiger partial charge in [0.1, 0.15) is 0 Å². The molecule has 11 heteroatoms. The van der Waals surface area contributed by atoms with Crippen LogP contribution in [0.4, 0.5) is 14.5 Å². The minimum Gasteiger partial charge on any atom is -0.322 e. The van der Waals surface area contributed by atoms with Crippen molar-refractivity contribution in [2.24, 2.45) is 0 Å². The molecular weight excluding hydrogens is 447 g/mol. The summed E-state index contributed by atoms with van der Waals surface area (Å²) >= 11 is 12.1. The molecule has 0 aliphatic carbocycles. The number of nitrogens with one attached hydrogen (secondary N) is 1. The van der Waals surface area contributed by atoms with E-state index in [1.54, 1.807) is 23.1 Å². The monoisotopic (exact) mass is 463 g/mol. The lowest BCUT2D eigenvalue weighted by molar-refractivity contribution is -0.117. The van der Waals surface area contributed by atoms with E-state index in [-0.39, 0.29) is 30.4 Å². The van der Waals surface area contributed by atoms with E-state index in [0.29, 0.717) is 34.9 Å². The Balaban J connectivity index is 1.59. The molecule has 0 unspecified atom stereocenters. The van der Waals surface area contributed by atoms with Gasteiger partial charge in [0, 0.05) is 26.2 Å². The van der Waals surface area contributed by atoms with Crippen LogP contribution in [0, 0.1) is 11.6 Å². The summed E-state index contributed by atoms with van der Waals surface area (Å²) in [6.07, 6.45) is 0. The van der Waals surface area contributed by atoms with Crippen LogP contribution in [-0.4, -0.2) is 56.3 Å². The Morgan fingerprint density at radius 1 is 1.00 bits per heavy atom. The Kier molecular flexibility index (Phi) is 6.75. The number of carbonyl (C=O) groups is 1. The van der Waals surface area contributed by atoms with E-state index in [0.717, 1.165) is 12.1 Å². The van der Waals surface area contributed by atoms with Gasteiger partial charge in [0.05, 0.1) is 27.2 Å². The van der Waals surface area contributed by atoms with Crippen LogP contribution in [0.25, 0.3) is 0 Å². The second-order valence-corrected chi connectivity index (χ2v) is 9.15. The predicted molar refractivity (Wildman–Crippen MR) is 107 cm³/mol. The zero-order valence-electron chi connectivity index (χ0n) is 15.0. The summed E-state index contributed by atoms with van der Waals surface area (Å²) in [7, 11) is -3.95. The smallest absolute Gasteiger partial charge is 0.243 e. The molecule has 0 saturated carbocycles. The average Bonchev–Trinajstić information content (AvgIpc) is 2.67. The minimum atomic E-state index is -3.95. The maximum absolute atomic E-state index is 13.4. The van der Waals surface area contributed by atoms with E-state index in [1.165, 1.54) is 4.31 Å². The highest BCUT2D eigenvalue weighted by Crippen LogP contribution is 2.29. The van der Waals surface area contributed by atoms with E-state index >= 15 is 0 Å². The molecule has 3 rings (SSSR count). The average molecular weight is 464 g/mol. The molecule has 2 aromatic carbocycles. The molecule has 156 valence electrons. The molecule has 1 fully saturated rings. The highest BCUT2D eigenvalue weighted by atomic mass is 35.5. The molecule has 6 nitrogen and oxygen atoms in total. The van der Waals surface area contributed by atoms with Crippen LogP contribution in [0.5, 0.6) is 0 Å². The lowest BCUT2D eigenvalue weighted by atomic mass is 10.3. The van der Waals surface area contributed by atoms with Gasteiger partial charge in [-0.2, -0.15) is 4.31 Å². The Hall–Kier alpha value is -1.78. The molecule has 0 aromatic heterocycles. The Morgan fingerprint density at radius 3 is 2.21 bits per heavy atom. The number of anilines is 1. The Bertz CT molecular complexity index is 1010. The second kappa shape index (κ2) is 8.93. The van der Waals surface area contributed by atoms with E-state index in [4.69, 9.17) is 23.2 Å². The maximum Gasteiger partial charge on any atom is 0.243 e. The molecule has 2 aromatic rings. The van der Waals surface area contributed by atoms with Gasteiger partial charge in [-0.25, -0.2) is 17.2 Å². The van der Waals surface area contributed by atoms with Gasteiger partial charge in [-0.3, -0.25) is 9.69 Å². The number of piperazine rings is 1. The van der Waals surface area contributed by atoms with Gasteiger partial charge < -0.3 is 5.32 Å². The van der Waals surface area contributed by atoms with Gasteiger partial charge in [-0.1, -0.05) is 29.3 Å². The molecule has 0 atom stereocenters. The fourth-order valence-corrected chi connectivity index (χ4v) is 4.84. The van der Waals surface area contributed by atoms with Crippen LogP contribution < -0.4 is 5.32 Å². The number of nitrogens with zero attached hydrogens (tertiary/aromatic N) is 2. The minimum absolute atomic E-state index is 0.0284. The lowest BCUT2D eigenvalue weighted by Gasteiger charge is -2.33. The zero-order valence-corrected chi connectivity index (χ0v) is 17.4. The van der Waals surface area contributed by atoms with Crippen molar-refractivity contribution >= 4 is 44.8 Å². The summed E-state index contributed by atoms with van der Waals surface area (Å²) in [5.74, 6) is -2.67. The molecular formula is C18H17Cl2F2N3O3S. The SMILES string of the molecule is O=C(CN1CCN(S(=O)(=O)c2ccc(F)c(F)c2)CC1)Nc1c(Cl)cccc1Cl. The molecule has 1 amide bonds. The topological polar surface area (TPSA) is 69.7 Å². The number of rotatable bonds is 5. The van der Waals surface area contributed by atoms with Gasteiger partial charge in [0.25, 0.3) is 0 Å². The van der Waals surface area contributed by atoms with Gasteiger partial charge in [-0.05, 0) is 30.3 Å². The number of sulfonamides is 1. The predicted octanol–water partition coefficient (Wildman–Crippen LogP) is 3.22. The number of carbonyl (C=O) groups excluding carboxylic acids is 1. The first-order valence-corrected chi connectivity index (χ1v) is 10.8. The number of halogens is 4. The summed E-state index contributed by atoms with van der Waals surface area (Å²) in [5.41, 5.74) is 0.320. The van der Waals surface area contributed by atoms with Crippen LogP contribution in [0.1, 0.15) is 0 Å². The molecule has 1 heterocycles. The third-order valence-corrected chi connectivity index (χ3v) is 6.98. The van der Waals surface area contributed by atoms with Crippen molar-refractivity contribution in [2.45, 2.75) is 4.90 Å². The number of para-hydroxylation sites is 1. The summed E-state index contributed by atoms with van der Waals surface area (Å²) in [6, 6.07) is 7.34. The van der Waals surface area contributed by atoms with Crippen molar-refractivity contribution in [3.8, 4) is 0 Å². The van der Waals surface area contributed by atoms with Crippen molar-refractivity contribution in [3.05, 3.63) is 58.1 Å². The molecule has 1 aliphatic heterocycles. The molecule has 29 heavy (non-hydrogen) atoms. The van der Waals surface area contributed by atoms with Gasteiger partial charge >= 0.3 is 0 Å². The van der Waals surface area contributed by atoms with Crippen molar-refractivity contribution in [3.63, 3.8) is 0 Å². The quantitative estimate of drug-likeness (QED) is 0.738. The van der Waals surface area contributed by atoms with Crippen molar-refractivity contribution in [2.75, 3.05) is 38.0 Å². The number of amides is 1. The highest BCUT2D eigenvalue weighted by Gasteiger charge is 2.29. The normalized spacial score (nSPS) is 16.0. The van der Waals surface area contributed by atoms with Crippen molar-refractivity contribution in [1.82, 2.24) is 9.21 Å². The molecule has 1 saturated heterocycles.